The van der Waals surface area contributed by atoms with Crippen molar-refractivity contribution in [1.29, 1.82) is 0 Å². The number of sulfonamides is 1. The van der Waals surface area contributed by atoms with E-state index < -0.39 is 10.0 Å². The van der Waals surface area contributed by atoms with Gasteiger partial charge in [-0.15, -0.1) is 0 Å². The van der Waals surface area contributed by atoms with Gasteiger partial charge in [-0.05, 0) is 45.1 Å². The summed E-state index contributed by atoms with van der Waals surface area (Å²) < 4.78 is 30.5. The molecule has 0 aromatic carbocycles. The van der Waals surface area contributed by atoms with Gasteiger partial charge in [0.2, 0.25) is 10.0 Å². The minimum absolute atomic E-state index is 0.00744. The lowest BCUT2D eigenvalue weighted by Gasteiger charge is -2.32. The van der Waals surface area contributed by atoms with Crippen molar-refractivity contribution in [3.05, 3.63) is 23.2 Å². The Labute approximate surface area is 126 Å². The summed E-state index contributed by atoms with van der Waals surface area (Å²) >= 11 is 0. The van der Waals surface area contributed by atoms with Gasteiger partial charge < -0.3 is 4.42 Å². The Morgan fingerprint density at radius 2 is 2.24 bits per heavy atom. The first-order valence-corrected chi connectivity index (χ1v) is 9.14. The first kappa shape index (κ1) is 16.5. The highest BCUT2D eigenvalue weighted by Gasteiger charge is 2.28. The molecule has 0 spiro atoms. The van der Waals surface area contributed by atoms with Gasteiger partial charge in [-0.1, -0.05) is 0 Å². The molecule has 0 bridgehead atoms. The molecule has 2 rings (SSSR count). The molecule has 1 aromatic heterocycles. The van der Waals surface area contributed by atoms with Crippen LogP contribution >= 0.6 is 0 Å². The molecule has 0 saturated carbocycles. The summed E-state index contributed by atoms with van der Waals surface area (Å²) in [5.74, 6) is 7.74. The first-order chi connectivity index (χ1) is 9.81. The minimum atomic E-state index is -3.11. The molecule has 21 heavy (non-hydrogen) atoms. The van der Waals surface area contributed by atoms with Crippen LogP contribution in [0.2, 0.25) is 0 Å². The van der Waals surface area contributed by atoms with Gasteiger partial charge in [-0.2, -0.15) is 0 Å². The molecule has 7 heteroatoms. The van der Waals surface area contributed by atoms with E-state index in [0.29, 0.717) is 19.0 Å². The lowest BCUT2D eigenvalue weighted by atomic mass is 9.90. The monoisotopic (exact) mass is 315 g/mol. The molecular formula is C14H25N3O3S. The van der Waals surface area contributed by atoms with Gasteiger partial charge >= 0.3 is 0 Å². The number of piperidine rings is 1. The number of aryl methyl sites for hydroxylation is 2. The Balaban J connectivity index is 2.07. The topological polar surface area (TPSA) is 88.6 Å². The largest absolute Gasteiger partial charge is 0.466 e. The SMILES string of the molecule is Cc1cc(C(CC2CCCN(S(C)(=O)=O)C2)NN)c(C)o1. The van der Waals surface area contributed by atoms with Gasteiger partial charge in [0.25, 0.3) is 0 Å². The second-order valence-electron chi connectivity index (χ2n) is 5.95. The number of rotatable bonds is 5. The summed E-state index contributed by atoms with van der Waals surface area (Å²) in [7, 11) is -3.11. The van der Waals surface area contributed by atoms with Gasteiger partial charge in [-0.25, -0.2) is 12.7 Å². The molecule has 1 fully saturated rings. The highest BCUT2D eigenvalue weighted by Crippen LogP contribution is 2.30. The third-order valence-electron chi connectivity index (χ3n) is 4.18. The quantitative estimate of drug-likeness (QED) is 0.634. The van der Waals surface area contributed by atoms with E-state index in [1.165, 1.54) is 6.26 Å². The van der Waals surface area contributed by atoms with Gasteiger partial charge in [0.1, 0.15) is 11.5 Å². The lowest BCUT2D eigenvalue weighted by molar-refractivity contribution is 0.238. The normalized spacial score (nSPS) is 22.4. The van der Waals surface area contributed by atoms with Crippen molar-refractivity contribution in [2.45, 2.75) is 39.2 Å². The summed E-state index contributed by atoms with van der Waals surface area (Å²) in [5.41, 5.74) is 3.91. The molecule has 2 unspecified atom stereocenters. The van der Waals surface area contributed by atoms with E-state index in [2.05, 4.69) is 5.43 Å². The predicted molar refractivity (Wildman–Crippen MR) is 82.0 cm³/mol. The molecule has 120 valence electrons. The van der Waals surface area contributed by atoms with Crippen LogP contribution in [0.3, 0.4) is 0 Å². The van der Waals surface area contributed by atoms with Gasteiger partial charge in [0, 0.05) is 24.7 Å². The van der Waals surface area contributed by atoms with Crippen LogP contribution < -0.4 is 11.3 Å². The van der Waals surface area contributed by atoms with E-state index in [1.807, 2.05) is 19.9 Å². The van der Waals surface area contributed by atoms with Crippen molar-refractivity contribution >= 4 is 10.0 Å². The van der Waals surface area contributed by atoms with Gasteiger partial charge in [0.15, 0.2) is 0 Å². The molecule has 1 aromatic rings. The van der Waals surface area contributed by atoms with E-state index in [1.54, 1.807) is 4.31 Å². The summed E-state index contributed by atoms with van der Waals surface area (Å²) in [5, 5.41) is 0. The third-order valence-corrected chi connectivity index (χ3v) is 5.45. The highest BCUT2D eigenvalue weighted by molar-refractivity contribution is 7.88. The number of hydrogen-bond acceptors (Lipinski definition) is 5. The van der Waals surface area contributed by atoms with Crippen LogP contribution in [0, 0.1) is 19.8 Å². The fourth-order valence-corrected chi connectivity index (χ4v) is 4.08. The Morgan fingerprint density at radius 3 is 2.76 bits per heavy atom. The van der Waals surface area contributed by atoms with Crippen LogP contribution in [0.25, 0.3) is 0 Å². The van der Waals surface area contributed by atoms with Crippen molar-refractivity contribution in [2.24, 2.45) is 11.8 Å². The van der Waals surface area contributed by atoms with Crippen LogP contribution in [0.5, 0.6) is 0 Å². The average Bonchev–Trinajstić information content (AvgIpc) is 2.74. The molecule has 6 nitrogen and oxygen atoms in total. The predicted octanol–water partition coefficient (Wildman–Crippen LogP) is 1.46. The molecule has 3 N–H and O–H groups in total. The fraction of sp³-hybridized carbons (Fsp3) is 0.714. The number of nitrogens with one attached hydrogen (secondary N) is 1. The highest BCUT2D eigenvalue weighted by atomic mass is 32.2. The summed E-state index contributed by atoms with van der Waals surface area (Å²) in [6.45, 7) is 5.04. The Bertz CT molecular complexity index is 582. The maximum atomic E-state index is 11.7. The molecule has 1 aliphatic heterocycles. The van der Waals surface area contributed by atoms with Crippen LogP contribution in [-0.4, -0.2) is 32.1 Å². The second kappa shape index (κ2) is 6.48. The molecule has 0 aliphatic carbocycles. The number of hydrogen-bond donors (Lipinski definition) is 2. The van der Waals surface area contributed by atoms with Crippen molar-refractivity contribution in [2.75, 3.05) is 19.3 Å². The van der Waals surface area contributed by atoms with Crippen LogP contribution in [0.4, 0.5) is 0 Å². The molecule has 2 atom stereocenters. The zero-order chi connectivity index (χ0) is 15.6. The van der Waals surface area contributed by atoms with E-state index >= 15 is 0 Å². The Hall–Kier alpha value is -0.890. The lowest BCUT2D eigenvalue weighted by Crippen LogP contribution is -2.41. The summed E-state index contributed by atoms with van der Waals surface area (Å²) in [6, 6.07) is 1.99. The zero-order valence-electron chi connectivity index (χ0n) is 12.9. The van der Waals surface area contributed by atoms with E-state index in [9.17, 15) is 8.42 Å². The molecule has 1 saturated heterocycles. The van der Waals surface area contributed by atoms with Crippen molar-refractivity contribution in [1.82, 2.24) is 9.73 Å². The molecule has 1 aliphatic rings. The molecule has 2 heterocycles. The molecular weight excluding hydrogens is 290 g/mol. The zero-order valence-corrected chi connectivity index (χ0v) is 13.7. The minimum Gasteiger partial charge on any atom is -0.466 e. The van der Waals surface area contributed by atoms with Crippen LogP contribution in [-0.2, 0) is 10.0 Å². The standard InChI is InChI=1S/C14H25N3O3S/c1-10-7-13(11(2)20-10)14(16-15)8-12-5-4-6-17(9-12)21(3,18)19/h7,12,14,16H,4-6,8-9,15H2,1-3H3. The number of nitrogens with two attached hydrogens (primary N) is 1. The van der Waals surface area contributed by atoms with Crippen LogP contribution in [0.15, 0.2) is 10.5 Å². The van der Waals surface area contributed by atoms with Gasteiger partial charge in [0.05, 0.1) is 6.26 Å². The first-order valence-electron chi connectivity index (χ1n) is 7.29. The summed E-state index contributed by atoms with van der Waals surface area (Å²) in [4.78, 5) is 0. The maximum Gasteiger partial charge on any atom is 0.211 e. The van der Waals surface area contributed by atoms with Gasteiger partial charge in [-0.3, -0.25) is 11.3 Å². The second-order valence-corrected chi connectivity index (χ2v) is 7.94. The van der Waals surface area contributed by atoms with E-state index in [-0.39, 0.29) is 6.04 Å². The Kier molecular flexibility index (Phi) is 5.08. The maximum absolute atomic E-state index is 11.7. The van der Waals surface area contributed by atoms with Crippen molar-refractivity contribution in [3.63, 3.8) is 0 Å². The smallest absolute Gasteiger partial charge is 0.211 e. The number of furan rings is 1. The molecule has 0 radical (unpaired) electrons. The average molecular weight is 315 g/mol. The third kappa shape index (κ3) is 4.06. The van der Waals surface area contributed by atoms with Crippen LogP contribution in [0.1, 0.15) is 42.4 Å². The summed E-state index contributed by atoms with van der Waals surface area (Å²) in [6.07, 6.45) is 4.01. The number of nitrogens with zero attached hydrogens (tertiary/aromatic N) is 1. The van der Waals surface area contributed by atoms with Crippen molar-refractivity contribution < 1.29 is 12.8 Å². The fourth-order valence-electron chi connectivity index (χ4n) is 3.14. The van der Waals surface area contributed by atoms with Crippen molar-refractivity contribution in [3.8, 4) is 0 Å². The van der Waals surface area contributed by atoms with E-state index in [4.69, 9.17) is 10.3 Å². The Morgan fingerprint density at radius 1 is 1.52 bits per heavy atom. The molecule has 0 amide bonds. The number of hydrazine groups is 1. The van der Waals surface area contributed by atoms with E-state index in [0.717, 1.165) is 36.3 Å².